The maximum absolute atomic E-state index is 9.32. The molecule has 1 aromatic rings. The van der Waals surface area contributed by atoms with Crippen LogP contribution in [0.2, 0.25) is 0 Å². The Labute approximate surface area is 129 Å². The zero-order valence-electron chi connectivity index (χ0n) is 12.6. The van der Waals surface area contributed by atoms with Gasteiger partial charge in [-0.05, 0) is 19.3 Å². The van der Waals surface area contributed by atoms with Crippen LogP contribution in [0.4, 0.5) is 23.3 Å². The summed E-state index contributed by atoms with van der Waals surface area (Å²) in [6.07, 6.45) is 7.57. The second-order valence-electron chi connectivity index (χ2n) is 6.23. The fourth-order valence-corrected chi connectivity index (χ4v) is 3.61. The molecule has 3 aliphatic rings. The van der Waals surface area contributed by atoms with E-state index in [0.29, 0.717) is 12.6 Å². The molecule has 0 bridgehead atoms. The van der Waals surface area contributed by atoms with E-state index >= 15 is 0 Å². The van der Waals surface area contributed by atoms with Crippen LogP contribution in [-0.4, -0.2) is 47.5 Å². The summed E-state index contributed by atoms with van der Waals surface area (Å²) in [5, 5.41) is 12.8. The van der Waals surface area contributed by atoms with Crippen LogP contribution in [0.1, 0.15) is 19.3 Å². The highest BCUT2D eigenvalue weighted by Crippen LogP contribution is 2.41. The second kappa shape index (κ2) is 5.31. The van der Waals surface area contributed by atoms with Gasteiger partial charge in [-0.25, -0.2) is 0 Å². The number of nitrogens with two attached hydrogens (primary N) is 1. The van der Waals surface area contributed by atoms with Crippen molar-refractivity contribution in [3.05, 3.63) is 12.2 Å². The Balaban J connectivity index is 1.65. The highest BCUT2D eigenvalue weighted by atomic mass is 16.3. The van der Waals surface area contributed by atoms with Crippen molar-refractivity contribution in [3.63, 3.8) is 0 Å². The summed E-state index contributed by atoms with van der Waals surface area (Å²) < 4.78 is 0. The number of anilines is 4. The molecule has 0 radical (unpaired) electrons. The molecule has 4 N–H and O–H groups in total. The van der Waals surface area contributed by atoms with Crippen molar-refractivity contribution in [2.75, 3.05) is 47.2 Å². The van der Waals surface area contributed by atoms with Crippen molar-refractivity contribution in [2.45, 2.75) is 25.3 Å². The fraction of sp³-hybridized carbons (Fsp3) is 0.600. The lowest BCUT2D eigenvalue weighted by atomic mass is 10.1. The lowest BCUT2D eigenvalue weighted by Gasteiger charge is -2.25. The summed E-state index contributed by atoms with van der Waals surface area (Å²) in [5.41, 5.74) is 6.95. The number of hydrogen-bond donors (Lipinski definition) is 3. The van der Waals surface area contributed by atoms with E-state index in [9.17, 15) is 5.11 Å². The van der Waals surface area contributed by atoms with Crippen LogP contribution in [0.5, 0.6) is 0 Å². The standard InChI is InChI=1S/C15H22N6O/c16-15-18-13(20-5-1-2-6-20)12-14(19-15)21(9-17-12)11-4-3-10(7-11)8-22/h3-4,10-11,17,22H,1-2,5-9H2,(H2,16,18,19). The number of aromatic nitrogens is 2. The molecule has 7 heteroatoms. The minimum Gasteiger partial charge on any atom is -0.396 e. The van der Waals surface area contributed by atoms with E-state index in [0.717, 1.165) is 36.8 Å². The minimum absolute atomic E-state index is 0.200. The first-order valence-corrected chi connectivity index (χ1v) is 7.98. The Morgan fingerprint density at radius 1 is 1.23 bits per heavy atom. The molecule has 0 saturated carbocycles. The topological polar surface area (TPSA) is 90.5 Å². The molecule has 0 aromatic carbocycles. The third-order valence-electron chi connectivity index (χ3n) is 4.78. The van der Waals surface area contributed by atoms with Gasteiger partial charge in [-0.3, -0.25) is 0 Å². The Morgan fingerprint density at radius 3 is 2.73 bits per heavy atom. The third kappa shape index (κ3) is 2.16. The van der Waals surface area contributed by atoms with Gasteiger partial charge >= 0.3 is 0 Å². The zero-order chi connectivity index (χ0) is 15.1. The average molecular weight is 302 g/mol. The number of nitrogens with zero attached hydrogens (tertiary/aromatic N) is 4. The molecule has 1 fully saturated rings. The average Bonchev–Trinajstić information content (AvgIpc) is 3.25. The van der Waals surface area contributed by atoms with Gasteiger partial charge in [0.1, 0.15) is 5.69 Å². The van der Waals surface area contributed by atoms with Crippen LogP contribution in [-0.2, 0) is 0 Å². The number of nitrogens with one attached hydrogen (secondary N) is 1. The summed E-state index contributed by atoms with van der Waals surface area (Å²) in [4.78, 5) is 13.4. The normalized spacial score (nSPS) is 26.6. The molecule has 4 rings (SSSR count). The van der Waals surface area contributed by atoms with Gasteiger partial charge in [-0.2, -0.15) is 9.97 Å². The second-order valence-corrected chi connectivity index (χ2v) is 6.23. The summed E-state index contributed by atoms with van der Waals surface area (Å²) in [7, 11) is 0. The first-order valence-electron chi connectivity index (χ1n) is 7.98. The molecule has 7 nitrogen and oxygen atoms in total. The van der Waals surface area contributed by atoms with Crippen LogP contribution >= 0.6 is 0 Å². The molecule has 1 saturated heterocycles. The third-order valence-corrected chi connectivity index (χ3v) is 4.78. The van der Waals surface area contributed by atoms with Crippen LogP contribution in [0.25, 0.3) is 0 Å². The predicted octanol–water partition coefficient (Wildman–Crippen LogP) is 0.785. The quantitative estimate of drug-likeness (QED) is 0.711. The van der Waals surface area contributed by atoms with E-state index in [4.69, 9.17) is 5.73 Å². The molecule has 0 spiro atoms. The lowest BCUT2D eigenvalue weighted by molar-refractivity contribution is 0.248. The van der Waals surface area contributed by atoms with Gasteiger partial charge in [0.2, 0.25) is 5.95 Å². The molecular weight excluding hydrogens is 280 g/mol. The number of rotatable bonds is 3. The van der Waals surface area contributed by atoms with E-state index < -0.39 is 0 Å². The van der Waals surface area contributed by atoms with Crippen molar-refractivity contribution in [2.24, 2.45) is 5.92 Å². The van der Waals surface area contributed by atoms with Crippen molar-refractivity contribution in [3.8, 4) is 0 Å². The first-order chi connectivity index (χ1) is 10.8. The van der Waals surface area contributed by atoms with Crippen LogP contribution < -0.4 is 20.9 Å². The molecule has 2 unspecified atom stereocenters. The van der Waals surface area contributed by atoms with Gasteiger partial charge in [-0.15, -0.1) is 0 Å². The Kier molecular flexibility index (Phi) is 3.29. The maximum Gasteiger partial charge on any atom is 0.224 e. The number of fused-ring (bicyclic) bond motifs is 1. The van der Waals surface area contributed by atoms with E-state index in [1.165, 1.54) is 12.8 Å². The molecule has 3 heterocycles. The summed E-state index contributed by atoms with van der Waals surface area (Å²) >= 11 is 0. The van der Waals surface area contributed by atoms with Gasteiger partial charge in [0.25, 0.3) is 0 Å². The zero-order valence-corrected chi connectivity index (χ0v) is 12.6. The lowest BCUT2D eigenvalue weighted by Crippen LogP contribution is -2.33. The highest BCUT2D eigenvalue weighted by molar-refractivity contribution is 5.83. The molecule has 118 valence electrons. The summed E-state index contributed by atoms with van der Waals surface area (Å²) in [5.74, 6) is 2.40. The van der Waals surface area contributed by atoms with Crippen molar-refractivity contribution >= 4 is 23.3 Å². The number of aliphatic hydroxyl groups excluding tert-OH is 1. The molecular formula is C15H22N6O. The number of aliphatic hydroxyl groups is 1. The Bertz CT molecular complexity index is 598. The van der Waals surface area contributed by atoms with E-state index in [2.05, 4.69) is 37.2 Å². The SMILES string of the molecule is Nc1nc(N2CCCC2)c2c(n1)N(C1C=CC(CO)C1)CN2. The minimum atomic E-state index is 0.200. The number of hydrogen-bond acceptors (Lipinski definition) is 7. The van der Waals surface area contributed by atoms with Gasteiger partial charge in [0.15, 0.2) is 11.6 Å². The molecule has 2 atom stereocenters. The first kappa shape index (κ1) is 13.6. The van der Waals surface area contributed by atoms with E-state index in [1.54, 1.807) is 0 Å². The van der Waals surface area contributed by atoms with E-state index in [-0.39, 0.29) is 18.6 Å². The summed E-state index contributed by atoms with van der Waals surface area (Å²) in [6.45, 7) is 2.97. The Morgan fingerprint density at radius 2 is 2.00 bits per heavy atom. The van der Waals surface area contributed by atoms with Crippen LogP contribution in [0.3, 0.4) is 0 Å². The van der Waals surface area contributed by atoms with Crippen molar-refractivity contribution in [1.82, 2.24) is 9.97 Å². The molecule has 1 aromatic heterocycles. The highest BCUT2D eigenvalue weighted by Gasteiger charge is 2.33. The largest absolute Gasteiger partial charge is 0.396 e. The fourth-order valence-electron chi connectivity index (χ4n) is 3.61. The van der Waals surface area contributed by atoms with Gasteiger partial charge in [-0.1, -0.05) is 12.2 Å². The van der Waals surface area contributed by atoms with Gasteiger partial charge in [0, 0.05) is 25.6 Å². The molecule has 2 aliphatic heterocycles. The molecule has 22 heavy (non-hydrogen) atoms. The maximum atomic E-state index is 9.32. The van der Waals surface area contributed by atoms with E-state index in [1.807, 2.05) is 0 Å². The van der Waals surface area contributed by atoms with Crippen LogP contribution in [0.15, 0.2) is 12.2 Å². The van der Waals surface area contributed by atoms with Crippen molar-refractivity contribution in [1.29, 1.82) is 0 Å². The smallest absolute Gasteiger partial charge is 0.224 e. The molecule has 1 aliphatic carbocycles. The van der Waals surface area contributed by atoms with Crippen molar-refractivity contribution < 1.29 is 5.11 Å². The molecule has 0 amide bonds. The Hall–Kier alpha value is -2.02. The van der Waals surface area contributed by atoms with Gasteiger partial charge in [0.05, 0.1) is 12.7 Å². The summed E-state index contributed by atoms with van der Waals surface area (Å²) in [6, 6.07) is 0.256. The van der Waals surface area contributed by atoms with Gasteiger partial charge < -0.3 is 26.0 Å². The number of nitrogen functional groups attached to an aromatic ring is 1. The monoisotopic (exact) mass is 302 g/mol. The predicted molar refractivity (Wildman–Crippen MR) is 87.0 cm³/mol. The van der Waals surface area contributed by atoms with Crippen LogP contribution in [0, 0.1) is 5.92 Å².